The average Bonchev–Trinajstić information content (AvgIpc) is 0.970. The molecule has 15 atom stereocenters. The van der Waals surface area contributed by atoms with Gasteiger partial charge in [-0.2, -0.15) is 0 Å². The van der Waals surface area contributed by atoms with E-state index in [1.54, 1.807) is 72.8 Å². The van der Waals surface area contributed by atoms with Crippen molar-refractivity contribution in [2.75, 3.05) is 39.5 Å². The number of amides is 4. The molecule has 9 rings (SSSR count). The van der Waals surface area contributed by atoms with Crippen LogP contribution in [0.2, 0.25) is 18.1 Å². The van der Waals surface area contributed by atoms with Gasteiger partial charge in [-0.25, -0.2) is 19.2 Å². The van der Waals surface area contributed by atoms with Crippen molar-refractivity contribution in [3.8, 4) is 0 Å². The van der Waals surface area contributed by atoms with Crippen LogP contribution in [0.15, 0.2) is 152 Å². The Morgan fingerprint density at radius 1 is 0.543 bits per heavy atom. The van der Waals surface area contributed by atoms with Crippen LogP contribution in [0.5, 0.6) is 0 Å². The zero-order valence-electron chi connectivity index (χ0n) is 52.5. The summed E-state index contributed by atoms with van der Waals surface area (Å²) >= 11 is 0. The van der Waals surface area contributed by atoms with E-state index in [0.29, 0.717) is 41.8 Å². The van der Waals surface area contributed by atoms with Gasteiger partial charge in [0.25, 0.3) is 0 Å². The van der Waals surface area contributed by atoms with Crippen LogP contribution in [-0.2, 0) is 83.0 Å². The molecule has 3 aliphatic heterocycles. The van der Waals surface area contributed by atoms with Crippen molar-refractivity contribution in [3.05, 3.63) is 179 Å². The van der Waals surface area contributed by atoms with Crippen LogP contribution in [0.25, 0.3) is 0 Å². The number of rotatable bonds is 27. The second kappa shape index (κ2) is 33.7. The van der Waals surface area contributed by atoms with Crippen molar-refractivity contribution >= 4 is 32.7 Å². The minimum Gasteiger partial charge on any atom is -0.445 e. The van der Waals surface area contributed by atoms with Gasteiger partial charge in [0.05, 0.1) is 31.9 Å². The lowest BCUT2D eigenvalue weighted by Crippen LogP contribution is -2.71. The zero-order valence-corrected chi connectivity index (χ0v) is 53.5. The van der Waals surface area contributed by atoms with Gasteiger partial charge in [0, 0.05) is 18.7 Å². The van der Waals surface area contributed by atoms with Crippen LogP contribution in [-0.4, -0.2) is 173 Å². The molecule has 0 bridgehead atoms. The molecule has 0 aromatic heterocycles. The number of aliphatic hydroxyl groups excluding tert-OH is 3. The van der Waals surface area contributed by atoms with Gasteiger partial charge in [-0.05, 0) is 59.8 Å². The minimum absolute atomic E-state index is 0.00861. The SMILES string of the molecule is CC(C)(C)[Si](C)(C)OC[C@H]1O[C@@H](O[C@@H]2[C@@H](O)[C@H](NC(=O)OCc3ccccc3)C[C@H](NC(=O)OCc3ccccc3)[C@H]2O[C@H]2O[C@@H]3COC(c4ccccc4)O[C@H]3[C@H](O)[C@H]2NC(=O)OCc2ccccc2)[C@H](OCCNCCCNC(=O)OCc2ccccc2)[C@@H]1O. The molecule has 4 fully saturated rings. The fourth-order valence-corrected chi connectivity index (χ4v) is 11.7. The number of carbonyl (C=O) groups excluding carboxylic acids is 4. The largest absolute Gasteiger partial charge is 0.445 e. The smallest absolute Gasteiger partial charge is 0.407 e. The fraction of sp³-hybridized carbons (Fsp3) is 0.493. The van der Waals surface area contributed by atoms with Gasteiger partial charge in [-0.15, -0.1) is 0 Å². The maximum atomic E-state index is 14.2. The standard InChI is InChI=1S/C67H87N5O19Si/c1-67(2,3)92(4,5)86-42-50-54(74)59(80-35-34-68-32-21-33-69-63(76)82-37-43-22-11-6-12-23-43)62(87-50)91-58-53(73)48(70-64(77)83-38-44-24-13-7-14-25-44)36-49(71-65(78)84-39-45-26-15-8-16-27-45)56(58)89-61-52(72-66(79)85-40-46-28-17-9-18-29-46)55(75)57-51(88-61)41-81-60(90-57)47-30-19-10-20-31-47/h6-20,22-31,48-62,68,73-75H,21,32-42H2,1-5H3,(H,69,76)(H,70,77)(H,71,78)(H,72,79)/t48-,49+,50-,51-,52-,53+,54-,55-,56-,57-,58-,59-,60?,61-,62+/m1/s1. The zero-order chi connectivity index (χ0) is 65.0. The van der Waals surface area contributed by atoms with Crippen LogP contribution in [0.4, 0.5) is 19.2 Å². The van der Waals surface area contributed by atoms with E-state index in [1.807, 2.05) is 78.9 Å². The number of ether oxygens (including phenoxy) is 11. The first-order valence-electron chi connectivity index (χ1n) is 31.2. The molecule has 1 aliphatic carbocycles. The number of carbonyl (C=O) groups is 4. The lowest BCUT2D eigenvalue weighted by atomic mass is 9.83. The van der Waals surface area contributed by atoms with Crippen molar-refractivity contribution in [1.82, 2.24) is 26.6 Å². The van der Waals surface area contributed by atoms with Crippen molar-refractivity contribution in [2.45, 2.75) is 170 Å². The summed E-state index contributed by atoms with van der Waals surface area (Å²) < 4.78 is 75.3. The summed E-state index contributed by atoms with van der Waals surface area (Å²) in [5.74, 6) is 0. The number of aliphatic hydroxyl groups is 3. The summed E-state index contributed by atoms with van der Waals surface area (Å²) in [6.07, 6.45) is -19.5. The number of alkyl carbamates (subject to hydrolysis) is 4. The van der Waals surface area contributed by atoms with Gasteiger partial charge < -0.3 is 98.4 Å². The molecule has 8 N–H and O–H groups in total. The third kappa shape index (κ3) is 19.7. The van der Waals surface area contributed by atoms with Gasteiger partial charge in [0.2, 0.25) is 0 Å². The molecule has 4 amide bonds. The van der Waals surface area contributed by atoms with Gasteiger partial charge in [0.1, 0.15) is 87.4 Å². The van der Waals surface area contributed by atoms with E-state index in [1.165, 1.54) is 0 Å². The molecule has 5 aromatic carbocycles. The highest BCUT2D eigenvalue weighted by atomic mass is 28.4. The van der Waals surface area contributed by atoms with Crippen LogP contribution in [0.3, 0.4) is 0 Å². The molecule has 3 saturated heterocycles. The summed E-state index contributed by atoms with van der Waals surface area (Å²) in [5, 5.41) is 51.9. The molecular formula is C67H87N5O19Si. The lowest BCUT2D eigenvalue weighted by molar-refractivity contribution is -0.358. The second-order valence-corrected chi connectivity index (χ2v) is 29.3. The van der Waals surface area contributed by atoms with Gasteiger partial charge in [-0.3, -0.25) is 0 Å². The van der Waals surface area contributed by atoms with E-state index in [4.69, 9.17) is 56.5 Å². The molecule has 5 aromatic rings. The highest BCUT2D eigenvalue weighted by Crippen LogP contribution is 2.40. The molecule has 25 heteroatoms. The van der Waals surface area contributed by atoms with Crippen LogP contribution < -0.4 is 26.6 Å². The Hall–Kier alpha value is -7.08. The van der Waals surface area contributed by atoms with E-state index in [9.17, 15) is 34.5 Å². The normalized spacial score (nSPS) is 27.2. The molecule has 1 saturated carbocycles. The Labute approximate surface area is 537 Å². The van der Waals surface area contributed by atoms with E-state index in [-0.39, 0.29) is 64.3 Å². The third-order valence-electron chi connectivity index (χ3n) is 16.8. The first kappa shape index (κ1) is 69.3. The maximum absolute atomic E-state index is 14.2. The molecule has 24 nitrogen and oxygen atoms in total. The Morgan fingerprint density at radius 2 is 1.04 bits per heavy atom. The van der Waals surface area contributed by atoms with Crippen molar-refractivity contribution in [3.63, 3.8) is 0 Å². The summed E-state index contributed by atoms with van der Waals surface area (Å²) in [7, 11) is -2.47. The Kier molecular flexibility index (Phi) is 25.3. The molecule has 3 heterocycles. The highest BCUT2D eigenvalue weighted by molar-refractivity contribution is 6.74. The number of nitrogens with one attached hydrogen (secondary N) is 5. The Balaban J connectivity index is 1.00. The second-order valence-electron chi connectivity index (χ2n) is 24.5. The Morgan fingerprint density at radius 3 is 1.59 bits per heavy atom. The topological polar surface area (TPSA) is 300 Å². The molecule has 92 heavy (non-hydrogen) atoms. The van der Waals surface area contributed by atoms with Gasteiger partial charge >= 0.3 is 24.4 Å². The van der Waals surface area contributed by atoms with Gasteiger partial charge in [0.15, 0.2) is 27.2 Å². The predicted octanol–water partition coefficient (Wildman–Crippen LogP) is 7.01. The molecule has 1 unspecified atom stereocenters. The van der Waals surface area contributed by atoms with Crippen molar-refractivity contribution < 1.29 is 91.0 Å². The monoisotopic (exact) mass is 1290 g/mol. The number of hydrogen-bond donors (Lipinski definition) is 8. The average molecular weight is 1290 g/mol. The minimum atomic E-state index is -2.47. The molecular weight excluding hydrogens is 1210 g/mol. The summed E-state index contributed by atoms with van der Waals surface area (Å²) in [4.78, 5) is 54.5. The number of benzene rings is 5. The van der Waals surface area contributed by atoms with Gasteiger partial charge in [-0.1, -0.05) is 172 Å². The molecule has 498 valence electrons. The Bertz CT molecular complexity index is 3050. The first-order valence-corrected chi connectivity index (χ1v) is 34.1. The fourth-order valence-electron chi connectivity index (χ4n) is 10.7. The maximum Gasteiger partial charge on any atom is 0.407 e. The van der Waals surface area contributed by atoms with E-state index in [0.717, 1.165) is 5.56 Å². The van der Waals surface area contributed by atoms with Crippen LogP contribution in [0, 0.1) is 0 Å². The van der Waals surface area contributed by atoms with Crippen molar-refractivity contribution in [1.29, 1.82) is 0 Å². The first-order chi connectivity index (χ1) is 44.4. The summed E-state index contributed by atoms with van der Waals surface area (Å²) in [5.41, 5.74) is 3.57. The quantitative estimate of drug-likeness (QED) is 0.0149. The van der Waals surface area contributed by atoms with E-state index in [2.05, 4.69) is 60.4 Å². The summed E-state index contributed by atoms with van der Waals surface area (Å²) in [6, 6.07) is 41.3. The van der Waals surface area contributed by atoms with Crippen molar-refractivity contribution in [2.24, 2.45) is 0 Å². The third-order valence-corrected chi connectivity index (χ3v) is 21.3. The summed E-state index contributed by atoms with van der Waals surface area (Å²) in [6.45, 7) is 11.0. The number of fused-ring (bicyclic) bond motifs is 1. The van der Waals surface area contributed by atoms with E-state index < -0.39 is 125 Å². The van der Waals surface area contributed by atoms with Crippen LogP contribution in [0.1, 0.15) is 67.7 Å². The molecule has 0 spiro atoms. The predicted molar refractivity (Wildman–Crippen MR) is 335 cm³/mol. The highest BCUT2D eigenvalue weighted by Gasteiger charge is 2.57. The van der Waals surface area contributed by atoms with Crippen LogP contribution >= 0.6 is 0 Å². The molecule has 0 radical (unpaired) electrons. The van der Waals surface area contributed by atoms with E-state index >= 15 is 0 Å². The number of hydrogen-bond acceptors (Lipinski definition) is 20. The lowest BCUT2D eigenvalue weighted by Gasteiger charge is -2.51. The molecule has 4 aliphatic rings.